The molecule has 17 heavy (non-hydrogen) atoms. The molecule has 1 fully saturated rings. The van der Waals surface area contributed by atoms with E-state index in [1.54, 1.807) is 0 Å². The van der Waals surface area contributed by atoms with E-state index in [2.05, 4.69) is 5.32 Å². The number of anilines is 1. The number of nitrogens with zero attached hydrogens (tertiary/aromatic N) is 1. The van der Waals surface area contributed by atoms with Crippen LogP contribution in [-0.4, -0.2) is 31.4 Å². The Labute approximate surface area is 99.6 Å². The van der Waals surface area contributed by atoms with Crippen molar-refractivity contribution in [1.82, 2.24) is 5.32 Å². The molecule has 5 heteroatoms. The summed E-state index contributed by atoms with van der Waals surface area (Å²) >= 11 is 0. The molecule has 0 radical (unpaired) electrons. The SMILES string of the molecule is NCCc1ccc(N2CC(=O)NCC2=O)cc1. The fourth-order valence-corrected chi connectivity index (χ4v) is 1.80. The first-order valence-corrected chi connectivity index (χ1v) is 5.57. The molecule has 0 aromatic heterocycles. The number of hydrogen-bond acceptors (Lipinski definition) is 3. The maximum atomic E-state index is 11.6. The van der Waals surface area contributed by atoms with Crippen molar-refractivity contribution in [3.8, 4) is 0 Å². The van der Waals surface area contributed by atoms with Gasteiger partial charge in [-0.25, -0.2) is 0 Å². The second-order valence-electron chi connectivity index (χ2n) is 3.96. The Morgan fingerprint density at radius 3 is 2.59 bits per heavy atom. The molecule has 1 aromatic rings. The van der Waals surface area contributed by atoms with Crippen LogP contribution in [0.15, 0.2) is 24.3 Å². The second kappa shape index (κ2) is 4.97. The normalized spacial score (nSPS) is 15.9. The smallest absolute Gasteiger partial charge is 0.246 e. The predicted molar refractivity (Wildman–Crippen MR) is 64.6 cm³/mol. The summed E-state index contributed by atoms with van der Waals surface area (Å²) in [5.41, 5.74) is 7.35. The van der Waals surface area contributed by atoms with E-state index in [-0.39, 0.29) is 24.9 Å². The van der Waals surface area contributed by atoms with Gasteiger partial charge in [0.25, 0.3) is 0 Å². The quantitative estimate of drug-likeness (QED) is 0.749. The fourth-order valence-electron chi connectivity index (χ4n) is 1.80. The van der Waals surface area contributed by atoms with Gasteiger partial charge in [0.2, 0.25) is 11.8 Å². The van der Waals surface area contributed by atoms with Crippen LogP contribution >= 0.6 is 0 Å². The van der Waals surface area contributed by atoms with Crippen molar-refractivity contribution in [3.63, 3.8) is 0 Å². The molecule has 1 aliphatic rings. The Morgan fingerprint density at radius 1 is 1.24 bits per heavy atom. The third-order valence-electron chi connectivity index (χ3n) is 2.72. The van der Waals surface area contributed by atoms with E-state index in [1.807, 2.05) is 24.3 Å². The predicted octanol–water partition coefficient (Wildman–Crippen LogP) is -0.349. The first kappa shape index (κ1) is 11.6. The molecule has 0 aliphatic carbocycles. The van der Waals surface area contributed by atoms with E-state index < -0.39 is 0 Å². The Balaban J connectivity index is 2.15. The van der Waals surface area contributed by atoms with E-state index in [0.29, 0.717) is 6.54 Å². The maximum absolute atomic E-state index is 11.6. The molecule has 1 heterocycles. The van der Waals surface area contributed by atoms with Crippen LogP contribution in [0.3, 0.4) is 0 Å². The Kier molecular flexibility index (Phi) is 3.39. The lowest BCUT2D eigenvalue weighted by atomic mass is 10.1. The maximum Gasteiger partial charge on any atom is 0.246 e. The van der Waals surface area contributed by atoms with Crippen molar-refractivity contribution in [2.24, 2.45) is 5.73 Å². The summed E-state index contributed by atoms with van der Waals surface area (Å²) in [4.78, 5) is 24.4. The average molecular weight is 233 g/mol. The van der Waals surface area contributed by atoms with Gasteiger partial charge in [-0.3, -0.25) is 9.59 Å². The lowest BCUT2D eigenvalue weighted by molar-refractivity contribution is -0.128. The zero-order valence-electron chi connectivity index (χ0n) is 9.48. The van der Waals surface area contributed by atoms with Gasteiger partial charge < -0.3 is 16.0 Å². The van der Waals surface area contributed by atoms with E-state index in [0.717, 1.165) is 17.7 Å². The van der Waals surface area contributed by atoms with Crippen molar-refractivity contribution >= 4 is 17.5 Å². The minimum Gasteiger partial charge on any atom is -0.345 e. The largest absolute Gasteiger partial charge is 0.345 e. The van der Waals surface area contributed by atoms with E-state index in [1.165, 1.54) is 4.90 Å². The zero-order chi connectivity index (χ0) is 12.3. The summed E-state index contributed by atoms with van der Waals surface area (Å²) in [5, 5.41) is 2.52. The molecule has 3 N–H and O–H groups in total. The summed E-state index contributed by atoms with van der Waals surface area (Å²) < 4.78 is 0. The Hall–Kier alpha value is -1.88. The lowest BCUT2D eigenvalue weighted by Crippen LogP contribution is -2.51. The Bertz CT molecular complexity index is 428. The van der Waals surface area contributed by atoms with Crippen LogP contribution in [0.4, 0.5) is 5.69 Å². The summed E-state index contributed by atoms with van der Waals surface area (Å²) in [7, 11) is 0. The van der Waals surface area contributed by atoms with Crippen LogP contribution in [0.2, 0.25) is 0 Å². The first-order chi connectivity index (χ1) is 8.20. The van der Waals surface area contributed by atoms with Crippen molar-refractivity contribution < 1.29 is 9.59 Å². The van der Waals surface area contributed by atoms with Crippen molar-refractivity contribution in [1.29, 1.82) is 0 Å². The first-order valence-electron chi connectivity index (χ1n) is 5.57. The summed E-state index contributed by atoms with van der Waals surface area (Å²) in [6, 6.07) is 7.56. The number of rotatable bonds is 3. The van der Waals surface area contributed by atoms with Gasteiger partial charge in [0, 0.05) is 5.69 Å². The van der Waals surface area contributed by atoms with Crippen LogP contribution in [0, 0.1) is 0 Å². The average Bonchev–Trinajstić information content (AvgIpc) is 2.34. The number of benzene rings is 1. The van der Waals surface area contributed by atoms with Crippen LogP contribution < -0.4 is 16.0 Å². The number of carbonyl (C=O) groups excluding carboxylic acids is 2. The van der Waals surface area contributed by atoms with E-state index in [4.69, 9.17) is 5.73 Å². The van der Waals surface area contributed by atoms with Gasteiger partial charge in [0.05, 0.1) is 6.54 Å². The molecule has 2 rings (SSSR count). The number of nitrogens with one attached hydrogen (secondary N) is 1. The summed E-state index contributed by atoms with van der Waals surface area (Å²) in [5.74, 6) is -0.216. The zero-order valence-corrected chi connectivity index (χ0v) is 9.48. The molecule has 0 spiro atoms. The van der Waals surface area contributed by atoms with E-state index >= 15 is 0 Å². The van der Waals surface area contributed by atoms with Gasteiger partial charge in [-0.15, -0.1) is 0 Å². The lowest BCUT2D eigenvalue weighted by Gasteiger charge is -2.26. The summed E-state index contributed by atoms with van der Waals surface area (Å²) in [6.45, 7) is 0.767. The minimum atomic E-state index is -0.129. The van der Waals surface area contributed by atoms with Crippen LogP contribution in [0.5, 0.6) is 0 Å². The van der Waals surface area contributed by atoms with Crippen molar-refractivity contribution in [2.45, 2.75) is 6.42 Å². The third kappa shape index (κ3) is 2.62. The van der Waals surface area contributed by atoms with Gasteiger partial charge in [-0.1, -0.05) is 12.1 Å². The number of amides is 2. The van der Waals surface area contributed by atoms with Crippen LogP contribution in [0.1, 0.15) is 5.56 Å². The molecule has 0 saturated carbocycles. The highest BCUT2D eigenvalue weighted by Gasteiger charge is 2.23. The molecule has 2 amide bonds. The third-order valence-corrected chi connectivity index (χ3v) is 2.72. The highest BCUT2D eigenvalue weighted by molar-refractivity contribution is 6.04. The second-order valence-corrected chi connectivity index (χ2v) is 3.96. The molecule has 5 nitrogen and oxygen atoms in total. The van der Waals surface area contributed by atoms with Gasteiger partial charge in [-0.2, -0.15) is 0 Å². The highest BCUT2D eigenvalue weighted by atomic mass is 16.2. The molecular formula is C12H15N3O2. The molecule has 1 aliphatic heterocycles. The molecule has 0 atom stereocenters. The minimum absolute atomic E-state index is 0.0728. The topological polar surface area (TPSA) is 75.4 Å². The number of nitrogens with two attached hydrogens (primary N) is 1. The van der Waals surface area contributed by atoms with Gasteiger partial charge in [0.15, 0.2) is 0 Å². The number of piperazine rings is 1. The fraction of sp³-hybridized carbons (Fsp3) is 0.333. The van der Waals surface area contributed by atoms with Gasteiger partial charge >= 0.3 is 0 Å². The molecule has 90 valence electrons. The van der Waals surface area contributed by atoms with Crippen LogP contribution in [0.25, 0.3) is 0 Å². The number of carbonyl (C=O) groups is 2. The molecule has 0 bridgehead atoms. The van der Waals surface area contributed by atoms with Gasteiger partial charge in [0.1, 0.15) is 6.54 Å². The molecule has 1 aromatic carbocycles. The van der Waals surface area contributed by atoms with Crippen molar-refractivity contribution in [2.75, 3.05) is 24.5 Å². The monoisotopic (exact) mass is 233 g/mol. The molecular weight excluding hydrogens is 218 g/mol. The van der Waals surface area contributed by atoms with E-state index in [9.17, 15) is 9.59 Å². The molecule has 1 saturated heterocycles. The molecule has 0 unspecified atom stereocenters. The standard InChI is InChI=1S/C12H15N3O2/c13-6-5-9-1-3-10(4-2-9)15-8-11(16)14-7-12(15)17/h1-4H,5-8,13H2,(H,14,16). The van der Waals surface area contributed by atoms with Crippen LogP contribution in [-0.2, 0) is 16.0 Å². The Morgan fingerprint density at radius 2 is 1.94 bits per heavy atom. The number of hydrogen-bond donors (Lipinski definition) is 2. The van der Waals surface area contributed by atoms with Gasteiger partial charge in [-0.05, 0) is 30.7 Å². The van der Waals surface area contributed by atoms with Crippen molar-refractivity contribution in [3.05, 3.63) is 29.8 Å². The highest BCUT2D eigenvalue weighted by Crippen LogP contribution is 2.16. The summed E-state index contributed by atoms with van der Waals surface area (Å²) in [6.07, 6.45) is 0.814.